The number of sulfone groups is 1. The van der Waals surface area contributed by atoms with Gasteiger partial charge in [-0.15, -0.1) is 11.6 Å². The molecule has 0 aliphatic carbocycles. The van der Waals surface area contributed by atoms with Crippen molar-refractivity contribution < 1.29 is 31.1 Å². The first-order chi connectivity index (χ1) is 8.59. The molecule has 5 nitrogen and oxygen atoms in total. The second-order valence-electron chi connectivity index (χ2n) is 4.18. The Balaban J connectivity index is 2.25. The Morgan fingerprint density at radius 1 is 1.37 bits per heavy atom. The van der Waals surface area contributed by atoms with Crippen molar-refractivity contribution >= 4 is 27.3 Å². The molecule has 1 aliphatic rings. The van der Waals surface area contributed by atoms with E-state index in [9.17, 15) is 26.4 Å². The fourth-order valence-electron chi connectivity index (χ4n) is 1.57. The lowest BCUT2D eigenvalue weighted by molar-refractivity contribution is -0.174. The van der Waals surface area contributed by atoms with Gasteiger partial charge in [-0.2, -0.15) is 13.2 Å². The third kappa shape index (κ3) is 6.44. The van der Waals surface area contributed by atoms with E-state index in [1.165, 1.54) is 0 Å². The average Bonchev–Trinajstić information content (AvgIpc) is 2.45. The summed E-state index contributed by atoms with van der Waals surface area (Å²) in [6, 6.07) is -0.707. The normalized spacial score (nSPS) is 26.3. The first kappa shape index (κ1) is 16.5. The molecule has 1 fully saturated rings. The lowest BCUT2D eigenvalue weighted by Crippen LogP contribution is -2.41. The molecule has 0 radical (unpaired) electrons. The summed E-state index contributed by atoms with van der Waals surface area (Å²) >= 11 is 5.75. The van der Waals surface area contributed by atoms with E-state index < -0.39 is 46.6 Å². The van der Waals surface area contributed by atoms with Crippen LogP contribution in [0.15, 0.2) is 0 Å². The van der Waals surface area contributed by atoms with Crippen LogP contribution >= 0.6 is 11.6 Å². The molecule has 1 N–H and O–H groups in total. The van der Waals surface area contributed by atoms with Crippen LogP contribution < -0.4 is 5.32 Å². The predicted molar refractivity (Wildman–Crippen MR) is 61.7 cm³/mol. The molecule has 2 unspecified atom stereocenters. The summed E-state index contributed by atoms with van der Waals surface area (Å²) in [5.74, 6) is -1.06. The Morgan fingerprint density at radius 3 is 2.47 bits per heavy atom. The molecule has 10 heteroatoms. The van der Waals surface area contributed by atoms with Crippen molar-refractivity contribution in [3.63, 3.8) is 0 Å². The molecule has 2 atom stereocenters. The highest BCUT2D eigenvalue weighted by Gasteiger charge is 2.37. The summed E-state index contributed by atoms with van der Waals surface area (Å²) in [7, 11) is -3.26. The maximum Gasteiger partial charge on any atom is 0.411 e. The van der Waals surface area contributed by atoms with Gasteiger partial charge in [0.05, 0.1) is 29.5 Å². The Hall–Kier alpha value is -0.540. The van der Waals surface area contributed by atoms with Crippen LogP contribution in [-0.4, -0.2) is 56.6 Å². The second kappa shape index (κ2) is 6.27. The third-order valence-corrected chi connectivity index (χ3v) is 4.74. The van der Waals surface area contributed by atoms with Gasteiger partial charge in [0.1, 0.15) is 6.61 Å². The molecular formula is C9H13ClF3NO4S. The number of carbonyl (C=O) groups excluding carboxylic acids is 1. The summed E-state index contributed by atoms with van der Waals surface area (Å²) in [5.41, 5.74) is 0. The summed E-state index contributed by atoms with van der Waals surface area (Å²) in [6.45, 7) is -1.81. The van der Waals surface area contributed by atoms with Gasteiger partial charge in [-0.25, -0.2) is 8.42 Å². The van der Waals surface area contributed by atoms with Crippen molar-refractivity contribution in [2.24, 2.45) is 0 Å². The smallest absolute Gasteiger partial charge is 0.372 e. The second-order valence-corrected chi connectivity index (χ2v) is 6.90. The van der Waals surface area contributed by atoms with Gasteiger partial charge in [0.25, 0.3) is 0 Å². The van der Waals surface area contributed by atoms with E-state index in [4.69, 9.17) is 11.6 Å². The molecule has 0 aromatic rings. The molecule has 1 heterocycles. The van der Waals surface area contributed by atoms with E-state index in [1.54, 1.807) is 0 Å². The molecular weight excluding hydrogens is 311 g/mol. The van der Waals surface area contributed by atoms with Gasteiger partial charge in [-0.1, -0.05) is 0 Å². The highest BCUT2D eigenvalue weighted by atomic mass is 35.5. The van der Waals surface area contributed by atoms with Gasteiger partial charge in [-0.3, -0.25) is 4.79 Å². The first-order valence-corrected chi connectivity index (χ1v) is 7.63. The standard InChI is InChI=1S/C9H13ClF3NO4S/c10-6-3-19(16,17)4-7(6)14-8(15)1-2-18-5-9(11,12)13/h6-7H,1-5H2,(H,14,15). The molecule has 19 heavy (non-hydrogen) atoms. The van der Waals surface area contributed by atoms with Gasteiger partial charge in [-0.05, 0) is 0 Å². The lowest BCUT2D eigenvalue weighted by Gasteiger charge is -2.14. The van der Waals surface area contributed by atoms with Crippen LogP contribution in [0.2, 0.25) is 0 Å². The Labute approximate surface area is 113 Å². The number of alkyl halides is 4. The van der Waals surface area contributed by atoms with Crippen LogP contribution in [0.3, 0.4) is 0 Å². The Bertz CT molecular complexity index is 426. The topological polar surface area (TPSA) is 72.5 Å². The van der Waals surface area contributed by atoms with Gasteiger partial charge < -0.3 is 10.1 Å². The number of hydrogen-bond acceptors (Lipinski definition) is 4. The van der Waals surface area contributed by atoms with Crippen molar-refractivity contribution in [3.8, 4) is 0 Å². The Kier molecular flexibility index (Phi) is 5.45. The van der Waals surface area contributed by atoms with Crippen LogP contribution in [0.4, 0.5) is 13.2 Å². The molecule has 0 saturated carbocycles. The highest BCUT2D eigenvalue weighted by Crippen LogP contribution is 2.18. The summed E-state index contributed by atoms with van der Waals surface area (Å²) in [4.78, 5) is 11.4. The predicted octanol–water partition coefficient (Wildman–Crippen LogP) is 0.476. The summed E-state index contributed by atoms with van der Waals surface area (Å²) in [5, 5.41) is 1.65. The van der Waals surface area contributed by atoms with Crippen molar-refractivity contribution in [1.82, 2.24) is 5.32 Å². The average molecular weight is 324 g/mol. The van der Waals surface area contributed by atoms with Crippen molar-refractivity contribution in [3.05, 3.63) is 0 Å². The molecule has 0 spiro atoms. The molecule has 0 aromatic heterocycles. The summed E-state index contributed by atoms with van der Waals surface area (Å²) in [6.07, 6.45) is -4.71. The zero-order valence-electron chi connectivity index (χ0n) is 9.74. The number of hydrogen-bond donors (Lipinski definition) is 1. The van der Waals surface area contributed by atoms with E-state index in [0.29, 0.717) is 0 Å². The Morgan fingerprint density at radius 2 is 2.00 bits per heavy atom. The van der Waals surface area contributed by atoms with Crippen molar-refractivity contribution in [2.75, 3.05) is 24.7 Å². The molecule has 1 aliphatic heterocycles. The molecule has 0 aromatic carbocycles. The molecule has 0 bridgehead atoms. The minimum absolute atomic E-state index is 0.218. The van der Waals surface area contributed by atoms with Crippen LogP contribution in [-0.2, 0) is 19.4 Å². The number of carbonyl (C=O) groups is 1. The van der Waals surface area contributed by atoms with Gasteiger partial charge in [0.2, 0.25) is 5.91 Å². The third-order valence-electron chi connectivity index (χ3n) is 2.37. The van der Waals surface area contributed by atoms with Gasteiger partial charge in [0.15, 0.2) is 9.84 Å². The van der Waals surface area contributed by atoms with E-state index in [1.807, 2.05) is 0 Å². The molecule has 1 rings (SSSR count). The fourth-order valence-corrected chi connectivity index (χ4v) is 4.12. The maximum absolute atomic E-state index is 11.7. The monoisotopic (exact) mass is 323 g/mol. The van der Waals surface area contributed by atoms with Crippen molar-refractivity contribution in [1.29, 1.82) is 0 Å². The van der Waals surface area contributed by atoms with Crippen LogP contribution in [0.5, 0.6) is 0 Å². The quantitative estimate of drug-likeness (QED) is 0.590. The van der Waals surface area contributed by atoms with Crippen molar-refractivity contribution in [2.45, 2.75) is 24.0 Å². The first-order valence-electron chi connectivity index (χ1n) is 5.37. The number of nitrogens with one attached hydrogen (secondary N) is 1. The number of ether oxygens (including phenoxy) is 1. The van der Waals surface area contributed by atoms with E-state index in [2.05, 4.69) is 10.1 Å². The highest BCUT2D eigenvalue weighted by molar-refractivity contribution is 7.91. The van der Waals surface area contributed by atoms with Gasteiger partial charge >= 0.3 is 6.18 Å². The zero-order chi connectivity index (χ0) is 14.7. The molecule has 1 saturated heterocycles. The van der Waals surface area contributed by atoms with E-state index in [-0.39, 0.29) is 17.9 Å². The largest absolute Gasteiger partial charge is 0.411 e. The van der Waals surface area contributed by atoms with Crippen LogP contribution in [0, 0.1) is 0 Å². The lowest BCUT2D eigenvalue weighted by atomic mass is 10.2. The molecule has 112 valence electrons. The maximum atomic E-state index is 11.7. The van der Waals surface area contributed by atoms with Gasteiger partial charge in [0, 0.05) is 6.42 Å². The minimum atomic E-state index is -4.43. The van der Waals surface area contributed by atoms with E-state index >= 15 is 0 Å². The fraction of sp³-hybridized carbons (Fsp3) is 0.889. The van der Waals surface area contributed by atoms with E-state index in [0.717, 1.165) is 0 Å². The number of rotatable bonds is 5. The number of amides is 1. The number of halogens is 4. The summed E-state index contributed by atoms with van der Waals surface area (Å²) < 4.78 is 61.9. The zero-order valence-corrected chi connectivity index (χ0v) is 11.3. The molecule has 1 amide bonds. The van der Waals surface area contributed by atoms with Crippen LogP contribution in [0.25, 0.3) is 0 Å². The minimum Gasteiger partial charge on any atom is -0.372 e. The SMILES string of the molecule is O=C(CCOCC(F)(F)F)NC1CS(=O)(=O)CC1Cl. The van der Waals surface area contributed by atoms with Crippen LogP contribution in [0.1, 0.15) is 6.42 Å².